The van der Waals surface area contributed by atoms with Crippen LogP contribution in [0.4, 0.5) is 0 Å². The maximum absolute atomic E-state index is 11.6. The molecule has 0 bridgehead atoms. The molecule has 0 saturated heterocycles. The molecule has 5 heteroatoms. The van der Waals surface area contributed by atoms with Crippen molar-refractivity contribution >= 4 is 5.91 Å². The van der Waals surface area contributed by atoms with E-state index in [2.05, 4.69) is 5.32 Å². The molecule has 0 aromatic carbocycles. The fourth-order valence-electron chi connectivity index (χ4n) is 1.93. The summed E-state index contributed by atoms with van der Waals surface area (Å²) in [6.07, 6.45) is 2.31. The molecule has 0 aliphatic rings. The largest absolute Gasteiger partial charge is 0.355 e. The fraction of sp³-hybridized carbons (Fsp3) is 0.571. The normalized spacial score (nSPS) is 12.2. The summed E-state index contributed by atoms with van der Waals surface area (Å²) in [6, 6.07) is 4.77. The number of nitrogens with zero attached hydrogens (tertiary/aromatic N) is 1. The summed E-state index contributed by atoms with van der Waals surface area (Å²) in [6.45, 7) is 5.04. The van der Waals surface area contributed by atoms with Gasteiger partial charge < -0.3 is 15.6 Å². The Labute approximate surface area is 113 Å². The summed E-state index contributed by atoms with van der Waals surface area (Å²) in [7, 11) is 0. The smallest absolute Gasteiger partial charge is 0.250 e. The topological polar surface area (TPSA) is 77.1 Å². The van der Waals surface area contributed by atoms with Crippen LogP contribution in [-0.4, -0.2) is 23.1 Å². The molecule has 1 amide bonds. The standard InChI is InChI=1S/C14H23N3O2/c1-3-6-12(15)14(19)16-9-5-10-17-11(2)7-4-8-13(17)18/h4,7-8,12H,3,5-6,9-10,15H2,1-2H3,(H,16,19)/t12-/m0/s1. The van der Waals surface area contributed by atoms with Crippen LogP contribution in [0.1, 0.15) is 31.9 Å². The van der Waals surface area contributed by atoms with E-state index >= 15 is 0 Å². The Morgan fingerprint density at radius 1 is 1.47 bits per heavy atom. The molecule has 1 rings (SSSR count). The summed E-state index contributed by atoms with van der Waals surface area (Å²) in [5, 5.41) is 2.80. The zero-order valence-corrected chi connectivity index (χ0v) is 11.7. The van der Waals surface area contributed by atoms with Crippen LogP contribution in [-0.2, 0) is 11.3 Å². The number of hydrogen-bond acceptors (Lipinski definition) is 3. The average Bonchev–Trinajstić information content (AvgIpc) is 2.37. The molecule has 0 spiro atoms. The van der Waals surface area contributed by atoms with Gasteiger partial charge >= 0.3 is 0 Å². The Balaban J connectivity index is 2.35. The van der Waals surface area contributed by atoms with Crippen molar-refractivity contribution in [2.24, 2.45) is 5.73 Å². The number of rotatable bonds is 7. The second kappa shape index (κ2) is 7.74. The molecule has 0 aliphatic carbocycles. The maximum atomic E-state index is 11.6. The van der Waals surface area contributed by atoms with Crippen LogP contribution in [0, 0.1) is 6.92 Å². The van der Waals surface area contributed by atoms with Crippen LogP contribution < -0.4 is 16.6 Å². The van der Waals surface area contributed by atoms with E-state index in [0.29, 0.717) is 19.5 Å². The third-order valence-electron chi connectivity index (χ3n) is 3.06. The van der Waals surface area contributed by atoms with Gasteiger partial charge in [-0.1, -0.05) is 19.4 Å². The second-order valence-corrected chi connectivity index (χ2v) is 4.70. The van der Waals surface area contributed by atoms with E-state index < -0.39 is 6.04 Å². The van der Waals surface area contributed by atoms with Crippen molar-refractivity contribution in [1.29, 1.82) is 0 Å². The molecule has 0 unspecified atom stereocenters. The predicted octanol–water partition coefficient (Wildman–Crippen LogP) is 0.790. The third-order valence-corrected chi connectivity index (χ3v) is 3.06. The predicted molar refractivity (Wildman–Crippen MR) is 75.9 cm³/mol. The number of aromatic nitrogens is 1. The summed E-state index contributed by atoms with van der Waals surface area (Å²) in [5.74, 6) is -0.112. The van der Waals surface area contributed by atoms with Gasteiger partial charge in [-0.05, 0) is 25.8 Å². The Bertz CT molecular complexity index is 468. The van der Waals surface area contributed by atoms with Crippen LogP contribution in [0.3, 0.4) is 0 Å². The van der Waals surface area contributed by atoms with E-state index in [-0.39, 0.29) is 11.5 Å². The maximum Gasteiger partial charge on any atom is 0.250 e. The molecule has 1 aromatic heterocycles. The van der Waals surface area contributed by atoms with Crippen molar-refractivity contribution in [2.75, 3.05) is 6.54 Å². The SMILES string of the molecule is CCC[C@H](N)C(=O)NCCCn1c(C)cccc1=O. The zero-order chi connectivity index (χ0) is 14.3. The first-order valence-corrected chi connectivity index (χ1v) is 6.76. The highest BCUT2D eigenvalue weighted by Gasteiger charge is 2.10. The number of pyridine rings is 1. The first-order valence-electron chi connectivity index (χ1n) is 6.76. The molecular weight excluding hydrogens is 242 g/mol. The van der Waals surface area contributed by atoms with Gasteiger partial charge in [0, 0.05) is 24.8 Å². The molecule has 0 saturated carbocycles. The fourth-order valence-corrected chi connectivity index (χ4v) is 1.93. The Hall–Kier alpha value is -1.62. The van der Waals surface area contributed by atoms with E-state index in [1.165, 1.54) is 0 Å². The quantitative estimate of drug-likeness (QED) is 0.716. The number of nitrogens with one attached hydrogen (secondary N) is 1. The third kappa shape index (κ3) is 4.87. The zero-order valence-electron chi connectivity index (χ0n) is 11.7. The van der Waals surface area contributed by atoms with Gasteiger partial charge in [-0.25, -0.2) is 0 Å². The van der Waals surface area contributed by atoms with E-state index in [9.17, 15) is 9.59 Å². The molecule has 1 atom stereocenters. The molecular formula is C14H23N3O2. The van der Waals surface area contributed by atoms with Gasteiger partial charge in [0.1, 0.15) is 0 Å². The first kappa shape index (κ1) is 15.4. The van der Waals surface area contributed by atoms with Gasteiger partial charge in [-0.2, -0.15) is 0 Å². The summed E-state index contributed by atoms with van der Waals surface area (Å²) < 4.78 is 1.71. The van der Waals surface area contributed by atoms with E-state index in [4.69, 9.17) is 5.73 Å². The van der Waals surface area contributed by atoms with Crippen molar-refractivity contribution in [1.82, 2.24) is 9.88 Å². The van der Waals surface area contributed by atoms with Crippen LogP contribution in [0.15, 0.2) is 23.0 Å². The lowest BCUT2D eigenvalue weighted by Crippen LogP contribution is -2.41. The minimum atomic E-state index is -0.425. The Kier molecular flexibility index (Phi) is 6.29. The van der Waals surface area contributed by atoms with Gasteiger partial charge in [-0.15, -0.1) is 0 Å². The Morgan fingerprint density at radius 3 is 2.84 bits per heavy atom. The molecule has 0 fully saturated rings. The number of carbonyl (C=O) groups excluding carboxylic acids is 1. The molecule has 1 aromatic rings. The lowest BCUT2D eigenvalue weighted by atomic mass is 10.1. The van der Waals surface area contributed by atoms with Gasteiger partial charge in [0.25, 0.3) is 5.56 Å². The first-order chi connectivity index (χ1) is 9.06. The Morgan fingerprint density at radius 2 is 2.21 bits per heavy atom. The summed E-state index contributed by atoms with van der Waals surface area (Å²) in [5.41, 5.74) is 6.63. The van der Waals surface area contributed by atoms with Crippen molar-refractivity contribution in [3.05, 3.63) is 34.2 Å². The van der Waals surface area contributed by atoms with Crippen molar-refractivity contribution in [3.63, 3.8) is 0 Å². The average molecular weight is 265 g/mol. The summed E-state index contributed by atoms with van der Waals surface area (Å²) in [4.78, 5) is 23.2. The van der Waals surface area contributed by atoms with Crippen LogP contribution in [0.25, 0.3) is 0 Å². The molecule has 106 valence electrons. The van der Waals surface area contributed by atoms with Gasteiger partial charge in [0.05, 0.1) is 6.04 Å². The number of nitrogens with two attached hydrogens (primary N) is 1. The van der Waals surface area contributed by atoms with E-state index in [1.54, 1.807) is 16.7 Å². The number of carbonyl (C=O) groups is 1. The second-order valence-electron chi connectivity index (χ2n) is 4.70. The lowest BCUT2D eigenvalue weighted by molar-refractivity contribution is -0.122. The van der Waals surface area contributed by atoms with Crippen LogP contribution >= 0.6 is 0 Å². The molecule has 0 radical (unpaired) electrons. The molecule has 3 N–H and O–H groups in total. The van der Waals surface area contributed by atoms with Crippen LogP contribution in [0.5, 0.6) is 0 Å². The van der Waals surface area contributed by atoms with Crippen molar-refractivity contribution < 1.29 is 4.79 Å². The number of hydrogen-bond donors (Lipinski definition) is 2. The molecule has 5 nitrogen and oxygen atoms in total. The van der Waals surface area contributed by atoms with E-state index in [0.717, 1.165) is 18.5 Å². The van der Waals surface area contributed by atoms with Crippen molar-refractivity contribution in [3.8, 4) is 0 Å². The minimum Gasteiger partial charge on any atom is -0.355 e. The number of aryl methyl sites for hydroxylation is 1. The molecule has 19 heavy (non-hydrogen) atoms. The minimum absolute atomic E-state index is 0.00555. The lowest BCUT2D eigenvalue weighted by Gasteiger charge is -2.12. The van der Waals surface area contributed by atoms with E-state index in [1.807, 2.05) is 19.9 Å². The van der Waals surface area contributed by atoms with Crippen molar-refractivity contribution in [2.45, 2.75) is 45.7 Å². The van der Waals surface area contributed by atoms with Crippen LogP contribution in [0.2, 0.25) is 0 Å². The highest BCUT2D eigenvalue weighted by molar-refractivity contribution is 5.81. The number of amides is 1. The van der Waals surface area contributed by atoms with Gasteiger partial charge in [0.2, 0.25) is 5.91 Å². The van der Waals surface area contributed by atoms with Gasteiger partial charge in [0.15, 0.2) is 0 Å². The molecule has 0 aliphatic heterocycles. The molecule has 1 heterocycles. The summed E-state index contributed by atoms with van der Waals surface area (Å²) >= 11 is 0. The monoisotopic (exact) mass is 265 g/mol. The highest BCUT2D eigenvalue weighted by atomic mass is 16.2. The highest BCUT2D eigenvalue weighted by Crippen LogP contribution is 1.96. The van der Waals surface area contributed by atoms with Gasteiger partial charge in [-0.3, -0.25) is 9.59 Å².